The average Bonchev–Trinajstić information content (AvgIpc) is 2.56. The number of ether oxygens (including phenoxy) is 2. The molecule has 22 heavy (non-hydrogen) atoms. The Morgan fingerprint density at radius 1 is 1.27 bits per heavy atom. The van der Waals surface area contributed by atoms with Crippen molar-refractivity contribution in [1.29, 1.82) is 0 Å². The number of hydrogen-bond donors (Lipinski definition) is 0. The number of rotatable bonds is 6. The summed E-state index contributed by atoms with van der Waals surface area (Å²) < 4.78 is 10.3. The molecule has 0 amide bonds. The molecule has 0 radical (unpaired) electrons. The van der Waals surface area contributed by atoms with Crippen LogP contribution in [0.1, 0.15) is 44.1 Å². The van der Waals surface area contributed by atoms with Crippen molar-refractivity contribution in [2.75, 3.05) is 14.2 Å². The van der Waals surface area contributed by atoms with Gasteiger partial charge < -0.3 is 9.47 Å². The number of Topliss-reactive ketones (excluding diaryl/α,β-unsaturated/α-hetero) is 1. The Balaban J connectivity index is 2.34. The fourth-order valence-corrected chi connectivity index (χ4v) is 3.53. The van der Waals surface area contributed by atoms with E-state index in [-0.39, 0.29) is 11.8 Å². The molecule has 0 saturated heterocycles. The third kappa shape index (κ3) is 3.70. The van der Waals surface area contributed by atoms with Crippen LogP contribution in [0.4, 0.5) is 0 Å². The van der Waals surface area contributed by atoms with Crippen molar-refractivity contribution in [2.24, 2.45) is 11.8 Å². The van der Waals surface area contributed by atoms with Crippen LogP contribution in [0.2, 0.25) is 0 Å². The van der Waals surface area contributed by atoms with Gasteiger partial charge in [0.2, 0.25) is 0 Å². The maximum Gasteiger partial charge on any atom is 0.137 e. The molecular formula is C19H26O3. The van der Waals surface area contributed by atoms with E-state index in [4.69, 9.17) is 9.47 Å². The molecule has 120 valence electrons. The minimum Gasteiger partial charge on any atom is -0.505 e. The van der Waals surface area contributed by atoms with Gasteiger partial charge in [0.1, 0.15) is 11.5 Å². The molecule has 3 nitrogen and oxygen atoms in total. The second-order valence-corrected chi connectivity index (χ2v) is 5.92. The van der Waals surface area contributed by atoms with Crippen LogP contribution < -0.4 is 4.74 Å². The van der Waals surface area contributed by atoms with Gasteiger partial charge in [0.05, 0.1) is 20.5 Å². The minimum absolute atomic E-state index is 0.0542. The van der Waals surface area contributed by atoms with E-state index in [0.717, 1.165) is 30.6 Å². The van der Waals surface area contributed by atoms with E-state index < -0.39 is 0 Å². The Morgan fingerprint density at radius 3 is 2.59 bits per heavy atom. The van der Waals surface area contributed by atoms with Crippen molar-refractivity contribution in [3.8, 4) is 5.75 Å². The number of methoxy groups -OCH3 is 2. The summed E-state index contributed by atoms with van der Waals surface area (Å²) in [5.74, 6) is 1.80. The number of carbonyl (C=O) groups is 1. The van der Waals surface area contributed by atoms with E-state index in [9.17, 15) is 4.79 Å². The summed E-state index contributed by atoms with van der Waals surface area (Å²) >= 11 is 0. The molecule has 3 atom stereocenters. The van der Waals surface area contributed by atoms with E-state index >= 15 is 0 Å². The lowest BCUT2D eigenvalue weighted by Gasteiger charge is -2.34. The second kappa shape index (κ2) is 8.02. The predicted octanol–water partition coefficient (Wildman–Crippen LogP) is 4.33. The van der Waals surface area contributed by atoms with E-state index in [1.54, 1.807) is 20.5 Å². The molecule has 0 unspecified atom stereocenters. The van der Waals surface area contributed by atoms with Crippen molar-refractivity contribution in [3.05, 3.63) is 42.2 Å². The van der Waals surface area contributed by atoms with Crippen LogP contribution in [0.25, 0.3) is 0 Å². The van der Waals surface area contributed by atoms with Crippen LogP contribution in [-0.4, -0.2) is 20.0 Å². The summed E-state index contributed by atoms with van der Waals surface area (Å²) in [5, 5.41) is 0. The largest absolute Gasteiger partial charge is 0.505 e. The van der Waals surface area contributed by atoms with Gasteiger partial charge in [-0.3, -0.25) is 4.79 Å². The summed E-state index contributed by atoms with van der Waals surface area (Å²) in [4.78, 5) is 12.6. The predicted molar refractivity (Wildman–Crippen MR) is 88.0 cm³/mol. The molecule has 1 aliphatic rings. The third-order valence-electron chi connectivity index (χ3n) is 4.71. The second-order valence-electron chi connectivity index (χ2n) is 5.92. The minimum atomic E-state index is 0.0542. The molecule has 0 N–H and O–H groups in total. The topological polar surface area (TPSA) is 35.5 Å². The quantitative estimate of drug-likeness (QED) is 0.734. The standard InChI is InChI=1S/C19H26O3/c1-4-14-6-5-7-18(20)19(14)17(12-13-21-2)15-8-10-16(22-3)11-9-15/h8-14,17,19H,4-7H2,1-3H3/b13-12-/t14-,17-,19-/m0/s1. The lowest BCUT2D eigenvalue weighted by Crippen LogP contribution is -2.32. The molecule has 1 aromatic rings. The molecule has 0 aromatic heterocycles. The van der Waals surface area contributed by atoms with E-state index in [1.807, 2.05) is 18.2 Å². The zero-order valence-electron chi connectivity index (χ0n) is 13.7. The highest BCUT2D eigenvalue weighted by Gasteiger charge is 2.36. The molecule has 0 heterocycles. The van der Waals surface area contributed by atoms with Gasteiger partial charge in [0.25, 0.3) is 0 Å². The number of benzene rings is 1. The molecule has 0 spiro atoms. The van der Waals surface area contributed by atoms with Gasteiger partial charge in [-0.1, -0.05) is 25.5 Å². The van der Waals surface area contributed by atoms with Crippen molar-refractivity contribution in [3.63, 3.8) is 0 Å². The SMILES string of the molecule is CC[C@H]1CCCC(=O)[C@@H]1[C@@H](/C=C\OC)c1ccc(OC)cc1. The fourth-order valence-electron chi connectivity index (χ4n) is 3.53. The smallest absolute Gasteiger partial charge is 0.137 e. The summed E-state index contributed by atoms with van der Waals surface area (Å²) in [6.45, 7) is 2.18. The van der Waals surface area contributed by atoms with Crippen LogP contribution in [0.3, 0.4) is 0 Å². The van der Waals surface area contributed by atoms with Crippen molar-refractivity contribution >= 4 is 5.78 Å². The normalized spacial score (nSPS) is 23.5. The number of allylic oxidation sites excluding steroid dienone is 1. The monoisotopic (exact) mass is 302 g/mol. The first kappa shape index (κ1) is 16.6. The number of hydrogen-bond acceptors (Lipinski definition) is 3. The van der Waals surface area contributed by atoms with Crippen LogP contribution in [0.5, 0.6) is 5.75 Å². The van der Waals surface area contributed by atoms with Crippen LogP contribution >= 0.6 is 0 Å². The summed E-state index contributed by atoms with van der Waals surface area (Å²) in [6.07, 6.45) is 7.64. The van der Waals surface area contributed by atoms with E-state index in [0.29, 0.717) is 18.1 Å². The van der Waals surface area contributed by atoms with E-state index in [2.05, 4.69) is 19.1 Å². The number of carbonyl (C=O) groups excluding carboxylic acids is 1. The Labute approximate surface area is 133 Å². The zero-order valence-corrected chi connectivity index (χ0v) is 13.7. The lowest BCUT2D eigenvalue weighted by atomic mass is 9.68. The maximum absolute atomic E-state index is 12.6. The molecule has 0 aliphatic heterocycles. The Hall–Kier alpha value is -1.77. The Kier molecular flexibility index (Phi) is 6.05. The first-order valence-electron chi connectivity index (χ1n) is 8.07. The van der Waals surface area contributed by atoms with Crippen molar-refractivity contribution in [2.45, 2.75) is 38.5 Å². The Morgan fingerprint density at radius 2 is 2.00 bits per heavy atom. The highest BCUT2D eigenvalue weighted by atomic mass is 16.5. The van der Waals surface area contributed by atoms with Gasteiger partial charge in [-0.25, -0.2) is 0 Å². The first-order chi connectivity index (χ1) is 10.7. The van der Waals surface area contributed by atoms with Gasteiger partial charge in [-0.2, -0.15) is 0 Å². The Bertz CT molecular complexity index is 504. The molecule has 1 aliphatic carbocycles. The molecule has 0 bridgehead atoms. The summed E-state index contributed by atoms with van der Waals surface area (Å²) in [7, 11) is 3.30. The van der Waals surface area contributed by atoms with Crippen LogP contribution in [0.15, 0.2) is 36.6 Å². The molecule has 1 fully saturated rings. The van der Waals surface area contributed by atoms with Crippen LogP contribution in [0, 0.1) is 11.8 Å². The number of ketones is 1. The average molecular weight is 302 g/mol. The zero-order chi connectivity index (χ0) is 15.9. The maximum atomic E-state index is 12.6. The van der Waals surface area contributed by atoms with E-state index in [1.165, 1.54) is 0 Å². The van der Waals surface area contributed by atoms with Crippen LogP contribution in [-0.2, 0) is 9.53 Å². The van der Waals surface area contributed by atoms with Crippen molar-refractivity contribution in [1.82, 2.24) is 0 Å². The molecule has 1 saturated carbocycles. The van der Waals surface area contributed by atoms with Crippen molar-refractivity contribution < 1.29 is 14.3 Å². The van der Waals surface area contributed by atoms with Gasteiger partial charge in [0, 0.05) is 18.3 Å². The van der Waals surface area contributed by atoms with Gasteiger partial charge in [-0.05, 0) is 42.5 Å². The first-order valence-corrected chi connectivity index (χ1v) is 8.07. The fraction of sp³-hybridized carbons (Fsp3) is 0.526. The van der Waals surface area contributed by atoms with Gasteiger partial charge in [0.15, 0.2) is 0 Å². The lowest BCUT2D eigenvalue weighted by molar-refractivity contribution is -0.127. The molecule has 2 rings (SSSR count). The van der Waals surface area contributed by atoms with Gasteiger partial charge in [-0.15, -0.1) is 0 Å². The van der Waals surface area contributed by atoms with Gasteiger partial charge >= 0.3 is 0 Å². The summed E-state index contributed by atoms with van der Waals surface area (Å²) in [6, 6.07) is 8.02. The molecule has 3 heteroatoms. The third-order valence-corrected chi connectivity index (χ3v) is 4.71. The summed E-state index contributed by atoms with van der Waals surface area (Å²) in [5.41, 5.74) is 1.15. The highest BCUT2D eigenvalue weighted by Crippen LogP contribution is 2.40. The molecular weight excluding hydrogens is 276 g/mol. The highest BCUT2D eigenvalue weighted by molar-refractivity contribution is 5.83. The molecule has 1 aromatic carbocycles.